The molecule has 0 N–H and O–H groups in total. The fourth-order valence-corrected chi connectivity index (χ4v) is 7.72. The molecular weight excluding hydrogens is 817 g/mol. The molecule has 0 fully saturated rings. The molecular formula is C60H104O6. The maximum Gasteiger partial charge on any atom is 0.306 e. The third kappa shape index (κ3) is 51.8. The second kappa shape index (κ2) is 54.5. The third-order valence-corrected chi connectivity index (χ3v) is 12.0. The van der Waals surface area contributed by atoms with Gasteiger partial charge in [0.2, 0.25) is 0 Å². The zero-order valence-corrected chi connectivity index (χ0v) is 43.4. The molecule has 0 rings (SSSR count). The quantitative estimate of drug-likeness (QED) is 0.0199. The Kier molecular flexibility index (Phi) is 51.9. The topological polar surface area (TPSA) is 78.9 Å². The highest BCUT2D eigenvalue weighted by molar-refractivity contribution is 5.71. The van der Waals surface area contributed by atoms with Gasteiger partial charge in [-0.3, -0.25) is 14.4 Å². The molecule has 0 aliphatic carbocycles. The summed E-state index contributed by atoms with van der Waals surface area (Å²) in [5.41, 5.74) is 0. The van der Waals surface area contributed by atoms with Crippen molar-refractivity contribution in [3.63, 3.8) is 0 Å². The van der Waals surface area contributed by atoms with Crippen molar-refractivity contribution < 1.29 is 28.6 Å². The lowest BCUT2D eigenvalue weighted by Gasteiger charge is -2.18. The van der Waals surface area contributed by atoms with Crippen LogP contribution in [0.2, 0.25) is 0 Å². The third-order valence-electron chi connectivity index (χ3n) is 12.0. The Labute approximate surface area is 408 Å². The molecule has 1 unspecified atom stereocenters. The summed E-state index contributed by atoms with van der Waals surface area (Å²) in [5.74, 6) is -0.932. The molecule has 1 atom stereocenters. The molecule has 0 aliphatic heterocycles. The van der Waals surface area contributed by atoms with E-state index in [1.165, 1.54) is 128 Å². The first-order valence-electron chi connectivity index (χ1n) is 28.0. The van der Waals surface area contributed by atoms with E-state index in [9.17, 15) is 14.4 Å². The number of allylic oxidation sites excluding steroid dienone is 12. The average molecular weight is 921 g/mol. The highest BCUT2D eigenvalue weighted by Crippen LogP contribution is 2.14. The molecule has 0 aromatic rings. The number of carbonyl (C=O) groups is 3. The maximum atomic E-state index is 12.8. The molecule has 0 spiro atoms. The van der Waals surface area contributed by atoms with Crippen LogP contribution in [0.3, 0.4) is 0 Å². The van der Waals surface area contributed by atoms with Crippen molar-refractivity contribution >= 4 is 17.9 Å². The molecule has 0 aromatic heterocycles. The molecule has 0 aromatic carbocycles. The van der Waals surface area contributed by atoms with Crippen molar-refractivity contribution in [3.05, 3.63) is 72.9 Å². The summed E-state index contributed by atoms with van der Waals surface area (Å²) in [6, 6.07) is 0. The van der Waals surface area contributed by atoms with Crippen LogP contribution in [-0.4, -0.2) is 37.2 Å². The summed E-state index contributed by atoms with van der Waals surface area (Å²) < 4.78 is 16.8. The van der Waals surface area contributed by atoms with Crippen molar-refractivity contribution in [3.8, 4) is 0 Å². The summed E-state index contributed by atoms with van der Waals surface area (Å²) in [5, 5.41) is 0. The number of rotatable bonds is 50. The Hall–Kier alpha value is -3.15. The van der Waals surface area contributed by atoms with Gasteiger partial charge in [-0.25, -0.2) is 0 Å². The van der Waals surface area contributed by atoms with Crippen LogP contribution in [0.25, 0.3) is 0 Å². The predicted octanol–water partition coefficient (Wildman–Crippen LogP) is 18.6. The molecule has 66 heavy (non-hydrogen) atoms. The van der Waals surface area contributed by atoms with Gasteiger partial charge in [-0.15, -0.1) is 0 Å². The lowest BCUT2D eigenvalue weighted by Crippen LogP contribution is -2.30. The number of carbonyl (C=O) groups excluding carboxylic acids is 3. The van der Waals surface area contributed by atoms with Gasteiger partial charge in [0.25, 0.3) is 0 Å². The van der Waals surface area contributed by atoms with Crippen LogP contribution in [0, 0.1) is 0 Å². The fraction of sp³-hybridized carbons (Fsp3) is 0.750. The van der Waals surface area contributed by atoms with Gasteiger partial charge >= 0.3 is 17.9 Å². The van der Waals surface area contributed by atoms with Crippen molar-refractivity contribution in [2.75, 3.05) is 13.2 Å². The van der Waals surface area contributed by atoms with Gasteiger partial charge in [-0.2, -0.15) is 0 Å². The van der Waals surface area contributed by atoms with Gasteiger partial charge in [0.15, 0.2) is 6.10 Å². The van der Waals surface area contributed by atoms with Gasteiger partial charge in [0, 0.05) is 19.3 Å². The van der Waals surface area contributed by atoms with Crippen molar-refractivity contribution in [1.82, 2.24) is 0 Å². The predicted molar refractivity (Wildman–Crippen MR) is 284 cm³/mol. The summed E-state index contributed by atoms with van der Waals surface area (Å²) >= 11 is 0. The van der Waals surface area contributed by atoms with E-state index in [-0.39, 0.29) is 31.1 Å². The first kappa shape index (κ1) is 62.8. The molecule has 0 saturated heterocycles. The van der Waals surface area contributed by atoms with E-state index in [0.29, 0.717) is 19.3 Å². The standard InChI is InChI=1S/C60H104O6/c1-4-7-10-13-16-19-22-25-27-29-31-33-35-38-41-44-47-50-53-59(62)65-56-57(55-64-58(61)52-49-46-43-40-37-24-21-18-15-12-9-6-3)66-60(63)54-51-48-45-42-39-36-34-32-30-28-26-23-20-17-14-11-8-5-2/h18,21-22,25,27-34,57H,4-17,19-20,23-24,26,35-56H2,1-3H3/b21-18-,25-22-,29-27-,30-28-,33-31-,34-32-. The van der Waals surface area contributed by atoms with E-state index in [2.05, 4.69) is 93.7 Å². The summed E-state index contributed by atoms with van der Waals surface area (Å²) in [7, 11) is 0. The van der Waals surface area contributed by atoms with Crippen molar-refractivity contribution in [2.45, 2.75) is 277 Å². The van der Waals surface area contributed by atoms with Gasteiger partial charge in [0.05, 0.1) is 0 Å². The fourth-order valence-electron chi connectivity index (χ4n) is 7.72. The van der Waals surface area contributed by atoms with Crippen LogP contribution in [0.4, 0.5) is 0 Å². The molecule has 0 saturated carbocycles. The molecule has 0 amide bonds. The maximum absolute atomic E-state index is 12.8. The number of hydrogen-bond acceptors (Lipinski definition) is 6. The first-order chi connectivity index (χ1) is 32.5. The monoisotopic (exact) mass is 921 g/mol. The van der Waals surface area contributed by atoms with E-state index in [1.807, 2.05) is 0 Å². The van der Waals surface area contributed by atoms with E-state index >= 15 is 0 Å². The van der Waals surface area contributed by atoms with Gasteiger partial charge in [-0.1, -0.05) is 229 Å². The molecule has 0 radical (unpaired) electrons. The minimum Gasteiger partial charge on any atom is -0.462 e. The smallest absolute Gasteiger partial charge is 0.306 e. The van der Waals surface area contributed by atoms with Crippen LogP contribution >= 0.6 is 0 Å². The highest BCUT2D eigenvalue weighted by Gasteiger charge is 2.19. The lowest BCUT2D eigenvalue weighted by atomic mass is 10.1. The summed E-state index contributed by atoms with van der Waals surface area (Å²) in [6.07, 6.45) is 68.8. The minimum absolute atomic E-state index is 0.0929. The Morgan fingerprint density at radius 3 is 0.924 bits per heavy atom. The van der Waals surface area contributed by atoms with Gasteiger partial charge < -0.3 is 14.2 Å². The Morgan fingerprint density at radius 2 is 0.561 bits per heavy atom. The summed E-state index contributed by atoms with van der Waals surface area (Å²) in [4.78, 5) is 38.1. The number of hydrogen-bond donors (Lipinski definition) is 0. The minimum atomic E-state index is -0.795. The lowest BCUT2D eigenvalue weighted by molar-refractivity contribution is -0.167. The second-order valence-electron chi connectivity index (χ2n) is 18.6. The van der Waals surface area contributed by atoms with Crippen LogP contribution < -0.4 is 0 Å². The Morgan fingerprint density at radius 1 is 0.303 bits per heavy atom. The molecule has 0 aliphatic rings. The average Bonchev–Trinajstić information content (AvgIpc) is 3.31. The SMILES string of the molecule is CCCCC/C=C\CCCCCCCC(=O)OCC(COC(=O)CCCCCCC\C=C/C=C\C=C/CCCCCCC)OC(=O)CCCCCCC/C=C\C=C/CCCCCCCCC. The Bertz CT molecular complexity index is 1240. The molecule has 380 valence electrons. The molecule has 6 heteroatoms. The van der Waals surface area contributed by atoms with E-state index in [4.69, 9.17) is 14.2 Å². The zero-order valence-electron chi connectivity index (χ0n) is 43.4. The van der Waals surface area contributed by atoms with Gasteiger partial charge in [0.1, 0.15) is 13.2 Å². The van der Waals surface area contributed by atoms with Crippen molar-refractivity contribution in [2.24, 2.45) is 0 Å². The van der Waals surface area contributed by atoms with Crippen LogP contribution in [0.5, 0.6) is 0 Å². The normalized spacial score (nSPS) is 12.6. The molecule has 0 bridgehead atoms. The molecule has 0 heterocycles. The van der Waals surface area contributed by atoms with E-state index < -0.39 is 6.10 Å². The van der Waals surface area contributed by atoms with Crippen LogP contribution in [-0.2, 0) is 28.6 Å². The Balaban J connectivity index is 4.44. The van der Waals surface area contributed by atoms with Crippen molar-refractivity contribution in [1.29, 1.82) is 0 Å². The van der Waals surface area contributed by atoms with E-state index in [1.54, 1.807) is 0 Å². The summed E-state index contributed by atoms with van der Waals surface area (Å²) in [6.45, 7) is 6.57. The van der Waals surface area contributed by atoms with Gasteiger partial charge in [-0.05, 0) is 96.3 Å². The second-order valence-corrected chi connectivity index (χ2v) is 18.6. The molecule has 6 nitrogen and oxygen atoms in total. The number of unbranched alkanes of at least 4 members (excludes halogenated alkanes) is 30. The highest BCUT2D eigenvalue weighted by atomic mass is 16.6. The van der Waals surface area contributed by atoms with Crippen LogP contribution in [0.1, 0.15) is 271 Å². The van der Waals surface area contributed by atoms with E-state index in [0.717, 1.165) is 103 Å². The number of esters is 3. The first-order valence-corrected chi connectivity index (χ1v) is 28.0. The van der Waals surface area contributed by atoms with Crippen LogP contribution in [0.15, 0.2) is 72.9 Å². The zero-order chi connectivity index (χ0) is 47.9. The largest absolute Gasteiger partial charge is 0.462 e. The number of ether oxygens (including phenoxy) is 3.